The number of nitrogens with one attached hydrogen (secondary N) is 1. The zero-order valence-electron chi connectivity index (χ0n) is 12.9. The molecule has 1 aromatic heterocycles. The Balaban J connectivity index is 1.88. The maximum atomic E-state index is 13.0. The molecule has 3 rings (SSSR count). The first kappa shape index (κ1) is 16.7. The molecule has 0 unspecified atom stereocenters. The highest BCUT2D eigenvalue weighted by atomic mass is 19.4. The smallest absolute Gasteiger partial charge is 0.416 e. The molecule has 2 heterocycles. The molecule has 0 bridgehead atoms. The molecule has 1 aromatic carbocycles. The fourth-order valence-electron chi connectivity index (χ4n) is 2.50. The second-order valence-corrected chi connectivity index (χ2v) is 5.48. The number of nitrogens with zero attached hydrogens (tertiary/aromatic N) is 3. The summed E-state index contributed by atoms with van der Waals surface area (Å²) in [4.78, 5) is 10.00. The number of hydrogen-bond acceptors (Lipinski definition) is 5. The van der Waals surface area contributed by atoms with E-state index in [4.69, 9.17) is 4.74 Å². The number of aromatic nitrogens is 2. The summed E-state index contributed by atoms with van der Waals surface area (Å²) in [6.07, 6.45) is -1.47. The van der Waals surface area contributed by atoms with Crippen molar-refractivity contribution in [1.29, 1.82) is 0 Å². The van der Waals surface area contributed by atoms with Gasteiger partial charge in [0.15, 0.2) is 0 Å². The van der Waals surface area contributed by atoms with Gasteiger partial charge in [0.1, 0.15) is 5.75 Å². The summed E-state index contributed by atoms with van der Waals surface area (Å²) in [6.45, 7) is 3.91. The second-order valence-electron chi connectivity index (χ2n) is 5.48. The van der Waals surface area contributed by atoms with Crippen LogP contribution >= 0.6 is 0 Å². The van der Waals surface area contributed by atoms with Crippen LogP contribution in [-0.4, -0.2) is 41.0 Å². The van der Waals surface area contributed by atoms with Gasteiger partial charge in [0.25, 0.3) is 0 Å². The minimum atomic E-state index is -4.43. The van der Waals surface area contributed by atoms with E-state index >= 15 is 0 Å². The van der Waals surface area contributed by atoms with Crippen LogP contribution in [0.1, 0.15) is 11.1 Å². The zero-order valence-corrected chi connectivity index (χ0v) is 12.9. The summed E-state index contributed by atoms with van der Waals surface area (Å²) in [5.41, 5.74) is -0.0742. The molecule has 0 saturated carbocycles. The molecule has 1 N–H and O–H groups in total. The van der Waals surface area contributed by atoms with Gasteiger partial charge in [0, 0.05) is 50.7 Å². The summed E-state index contributed by atoms with van der Waals surface area (Å²) in [5.74, 6) is 0.134. The van der Waals surface area contributed by atoms with Gasteiger partial charge in [0.05, 0.1) is 5.56 Å². The Labute approximate surface area is 137 Å². The Kier molecular flexibility index (Phi) is 4.96. The average molecular weight is 338 g/mol. The van der Waals surface area contributed by atoms with Crippen LogP contribution in [0.25, 0.3) is 0 Å². The lowest BCUT2D eigenvalue weighted by molar-refractivity contribution is -0.137. The lowest BCUT2D eigenvalue weighted by Crippen LogP contribution is -2.42. The molecule has 1 fully saturated rings. The topological polar surface area (TPSA) is 50.3 Å². The Bertz CT molecular complexity index is 673. The predicted octanol–water partition coefficient (Wildman–Crippen LogP) is 2.69. The molecule has 128 valence electrons. The van der Waals surface area contributed by atoms with Gasteiger partial charge < -0.3 is 10.1 Å². The maximum absolute atomic E-state index is 13.0. The van der Waals surface area contributed by atoms with Crippen LogP contribution in [-0.2, 0) is 12.7 Å². The number of piperazine rings is 1. The van der Waals surface area contributed by atoms with E-state index in [9.17, 15) is 13.2 Å². The third-order valence-electron chi connectivity index (χ3n) is 3.74. The Morgan fingerprint density at radius 3 is 2.50 bits per heavy atom. The standard InChI is InChI=1S/C16H17F3N4O/c17-16(18,19)13-3-2-12(11-23-8-6-20-7-9-23)14(10-13)24-15-21-4-1-5-22-15/h1-5,10,20H,6-9,11H2. The number of hydrogen-bond donors (Lipinski definition) is 1. The molecule has 0 atom stereocenters. The van der Waals surface area contributed by atoms with Gasteiger partial charge in [0.2, 0.25) is 0 Å². The van der Waals surface area contributed by atoms with Crippen LogP contribution in [0.4, 0.5) is 13.2 Å². The average Bonchev–Trinajstić information content (AvgIpc) is 2.57. The first-order chi connectivity index (χ1) is 11.5. The molecule has 0 amide bonds. The van der Waals surface area contributed by atoms with Crippen molar-refractivity contribution in [2.24, 2.45) is 0 Å². The lowest BCUT2D eigenvalue weighted by atomic mass is 10.1. The molecule has 24 heavy (non-hydrogen) atoms. The third-order valence-corrected chi connectivity index (χ3v) is 3.74. The van der Waals surface area contributed by atoms with Crippen LogP contribution in [0.15, 0.2) is 36.7 Å². The molecule has 0 aliphatic carbocycles. The van der Waals surface area contributed by atoms with Crippen molar-refractivity contribution in [3.05, 3.63) is 47.8 Å². The second kappa shape index (κ2) is 7.14. The fraction of sp³-hybridized carbons (Fsp3) is 0.375. The van der Waals surface area contributed by atoms with E-state index in [1.165, 1.54) is 18.5 Å². The monoisotopic (exact) mass is 338 g/mol. The van der Waals surface area contributed by atoms with Gasteiger partial charge in [-0.1, -0.05) is 6.07 Å². The molecule has 1 aliphatic rings. The fourth-order valence-corrected chi connectivity index (χ4v) is 2.50. The Morgan fingerprint density at radius 1 is 1.12 bits per heavy atom. The van der Waals surface area contributed by atoms with Gasteiger partial charge in [-0.05, 0) is 18.2 Å². The first-order valence-corrected chi connectivity index (χ1v) is 7.60. The van der Waals surface area contributed by atoms with E-state index in [-0.39, 0.29) is 11.8 Å². The van der Waals surface area contributed by atoms with Crippen molar-refractivity contribution in [3.63, 3.8) is 0 Å². The van der Waals surface area contributed by atoms with Crippen LogP contribution < -0.4 is 10.1 Å². The van der Waals surface area contributed by atoms with Gasteiger partial charge in [-0.2, -0.15) is 13.2 Å². The highest BCUT2D eigenvalue weighted by Crippen LogP contribution is 2.34. The molecule has 0 radical (unpaired) electrons. The highest BCUT2D eigenvalue weighted by Gasteiger charge is 2.31. The number of halogens is 3. The summed E-state index contributed by atoms with van der Waals surface area (Å²) in [6, 6.07) is 5.19. The van der Waals surface area contributed by atoms with E-state index < -0.39 is 11.7 Å². The molecule has 8 heteroatoms. The van der Waals surface area contributed by atoms with Crippen molar-refractivity contribution < 1.29 is 17.9 Å². The molecular formula is C16H17F3N4O. The normalized spacial score (nSPS) is 16.1. The number of benzene rings is 1. The minimum Gasteiger partial charge on any atom is -0.424 e. The largest absolute Gasteiger partial charge is 0.424 e. The van der Waals surface area contributed by atoms with Crippen LogP contribution in [0.5, 0.6) is 11.8 Å². The van der Waals surface area contributed by atoms with E-state index in [1.54, 1.807) is 6.07 Å². The van der Waals surface area contributed by atoms with E-state index in [2.05, 4.69) is 20.2 Å². The van der Waals surface area contributed by atoms with Crippen LogP contribution in [0.2, 0.25) is 0 Å². The summed E-state index contributed by atoms with van der Waals surface area (Å²) >= 11 is 0. The van der Waals surface area contributed by atoms with E-state index in [0.29, 0.717) is 12.1 Å². The minimum absolute atomic E-state index is 0.0263. The Morgan fingerprint density at radius 2 is 1.83 bits per heavy atom. The summed E-state index contributed by atoms with van der Waals surface area (Å²) < 4.78 is 44.5. The third kappa shape index (κ3) is 4.21. The van der Waals surface area contributed by atoms with Gasteiger partial charge in [-0.25, -0.2) is 9.97 Å². The van der Waals surface area contributed by atoms with Crippen molar-refractivity contribution in [2.45, 2.75) is 12.7 Å². The maximum Gasteiger partial charge on any atom is 0.416 e. The molecule has 2 aromatic rings. The number of ether oxygens (including phenoxy) is 1. The van der Waals surface area contributed by atoms with Crippen LogP contribution in [0, 0.1) is 0 Å². The number of alkyl halides is 3. The molecule has 1 aliphatic heterocycles. The highest BCUT2D eigenvalue weighted by molar-refractivity contribution is 5.40. The van der Waals surface area contributed by atoms with Crippen molar-refractivity contribution >= 4 is 0 Å². The molecular weight excluding hydrogens is 321 g/mol. The van der Waals surface area contributed by atoms with Crippen molar-refractivity contribution in [2.75, 3.05) is 26.2 Å². The lowest BCUT2D eigenvalue weighted by Gasteiger charge is -2.28. The predicted molar refractivity (Wildman–Crippen MR) is 81.7 cm³/mol. The molecule has 0 spiro atoms. The first-order valence-electron chi connectivity index (χ1n) is 7.60. The van der Waals surface area contributed by atoms with Crippen molar-refractivity contribution in [3.8, 4) is 11.8 Å². The quantitative estimate of drug-likeness (QED) is 0.929. The van der Waals surface area contributed by atoms with E-state index in [1.807, 2.05) is 0 Å². The Hall–Kier alpha value is -2.19. The zero-order chi connectivity index (χ0) is 17.0. The van der Waals surface area contributed by atoms with Gasteiger partial charge in [-0.15, -0.1) is 0 Å². The van der Waals surface area contributed by atoms with Crippen LogP contribution in [0.3, 0.4) is 0 Å². The molecule has 1 saturated heterocycles. The van der Waals surface area contributed by atoms with Gasteiger partial charge in [-0.3, -0.25) is 4.90 Å². The summed E-state index contributed by atoms with van der Waals surface area (Å²) in [7, 11) is 0. The molecule has 5 nitrogen and oxygen atoms in total. The SMILES string of the molecule is FC(F)(F)c1ccc(CN2CCNCC2)c(Oc2ncccn2)c1. The van der Waals surface area contributed by atoms with Gasteiger partial charge >= 0.3 is 12.2 Å². The summed E-state index contributed by atoms with van der Waals surface area (Å²) in [5, 5.41) is 3.24. The van der Waals surface area contributed by atoms with E-state index in [0.717, 1.165) is 38.3 Å². The number of rotatable bonds is 4. The van der Waals surface area contributed by atoms with Crippen molar-refractivity contribution in [1.82, 2.24) is 20.2 Å².